The molecule has 0 bridgehead atoms. The number of nitrogens with zero attached hydrogens (tertiary/aromatic N) is 1. The standard InChI is InChI=1S/C14H20FN3O3S/c1-2-5-17-12-4-3-11(15)7-13(12)18-8-10(6-14(18)19)9-22(16,20)21/h3-4,7,10,17H,2,5-6,8-9H2,1H3,(H2,16,20,21). The van der Waals surface area contributed by atoms with Gasteiger partial charge in [-0.15, -0.1) is 0 Å². The van der Waals surface area contributed by atoms with Gasteiger partial charge in [-0.1, -0.05) is 6.92 Å². The second kappa shape index (κ2) is 6.62. The molecule has 1 aliphatic heterocycles. The third kappa shape index (κ3) is 4.17. The van der Waals surface area contributed by atoms with Crippen LogP contribution in [0.15, 0.2) is 18.2 Å². The molecule has 3 N–H and O–H groups in total. The Balaban J connectivity index is 2.23. The lowest BCUT2D eigenvalue weighted by atomic mass is 10.1. The van der Waals surface area contributed by atoms with E-state index in [1.165, 1.54) is 17.0 Å². The Kier molecular flexibility index (Phi) is 5.02. The number of carbonyl (C=O) groups is 1. The normalized spacial score (nSPS) is 18.8. The number of primary sulfonamides is 1. The smallest absolute Gasteiger partial charge is 0.227 e. The topological polar surface area (TPSA) is 92.5 Å². The third-order valence-corrected chi connectivity index (χ3v) is 4.43. The number of benzene rings is 1. The first-order valence-corrected chi connectivity index (χ1v) is 8.86. The maximum absolute atomic E-state index is 13.5. The van der Waals surface area contributed by atoms with Crippen molar-refractivity contribution in [1.82, 2.24) is 0 Å². The van der Waals surface area contributed by atoms with Gasteiger partial charge in [0.25, 0.3) is 0 Å². The van der Waals surface area contributed by atoms with Gasteiger partial charge in [0.1, 0.15) is 5.82 Å². The van der Waals surface area contributed by atoms with Crippen LogP contribution in [0.5, 0.6) is 0 Å². The molecule has 0 aromatic heterocycles. The van der Waals surface area contributed by atoms with Crippen molar-refractivity contribution in [3.8, 4) is 0 Å². The summed E-state index contributed by atoms with van der Waals surface area (Å²) in [5.41, 5.74) is 1.10. The molecular formula is C14H20FN3O3S. The van der Waals surface area contributed by atoms with Crippen LogP contribution in [-0.2, 0) is 14.8 Å². The van der Waals surface area contributed by atoms with Crippen LogP contribution in [0.1, 0.15) is 19.8 Å². The summed E-state index contributed by atoms with van der Waals surface area (Å²) in [6.07, 6.45) is 0.985. The number of sulfonamides is 1. The summed E-state index contributed by atoms with van der Waals surface area (Å²) >= 11 is 0. The second-order valence-electron chi connectivity index (χ2n) is 5.49. The van der Waals surface area contributed by atoms with Gasteiger partial charge >= 0.3 is 0 Å². The highest BCUT2D eigenvalue weighted by atomic mass is 32.2. The molecule has 6 nitrogen and oxygen atoms in total. The molecule has 1 aromatic carbocycles. The van der Waals surface area contributed by atoms with E-state index in [-0.39, 0.29) is 30.5 Å². The molecule has 1 atom stereocenters. The van der Waals surface area contributed by atoms with Gasteiger partial charge < -0.3 is 10.2 Å². The minimum Gasteiger partial charge on any atom is -0.383 e. The van der Waals surface area contributed by atoms with Crippen molar-refractivity contribution in [1.29, 1.82) is 0 Å². The first-order valence-electron chi connectivity index (χ1n) is 7.14. The maximum atomic E-state index is 13.5. The third-order valence-electron chi connectivity index (χ3n) is 3.49. The molecule has 1 aliphatic rings. The van der Waals surface area contributed by atoms with Crippen molar-refractivity contribution in [3.63, 3.8) is 0 Å². The predicted molar refractivity (Wildman–Crippen MR) is 83.6 cm³/mol. The largest absolute Gasteiger partial charge is 0.383 e. The molecule has 1 unspecified atom stereocenters. The van der Waals surface area contributed by atoms with Gasteiger partial charge in [0.05, 0.1) is 17.1 Å². The fourth-order valence-electron chi connectivity index (χ4n) is 2.59. The van der Waals surface area contributed by atoms with E-state index in [4.69, 9.17) is 5.14 Å². The van der Waals surface area contributed by atoms with Gasteiger partial charge in [-0.05, 0) is 24.6 Å². The molecule has 0 radical (unpaired) electrons. The van der Waals surface area contributed by atoms with Crippen molar-refractivity contribution in [2.45, 2.75) is 19.8 Å². The number of nitrogens with two attached hydrogens (primary N) is 1. The Morgan fingerprint density at radius 1 is 1.45 bits per heavy atom. The fraction of sp³-hybridized carbons (Fsp3) is 0.500. The van der Waals surface area contributed by atoms with Crippen molar-refractivity contribution < 1.29 is 17.6 Å². The van der Waals surface area contributed by atoms with E-state index in [1.54, 1.807) is 6.07 Å². The van der Waals surface area contributed by atoms with E-state index in [0.29, 0.717) is 17.9 Å². The minimum atomic E-state index is -3.64. The molecule has 0 saturated carbocycles. The highest BCUT2D eigenvalue weighted by molar-refractivity contribution is 7.89. The molecule has 8 heteroatoms. The van der Waals surface area contributed by atoms with Gasteiger partial charge in [0.15, 0.2) is 0 Å². The van der Waals surface area contributed by atoms with Crippen LogP contribution in [-0.4, -0.2) is 33.2 Å². The van der Waals surface area contributed by atoms with Gasteiger partial charge in [-0.25, -0.2) is 17.9 Å². The summed E-state index contributed by atoms with van der Waals surface area (Å²) in [5, 5.41) is 8.18. The summed E-state index contributed by atoms with van der Waals surface area (Å²) in [7, 11) is -3.64. The van der Waals surface area contributed by atoms with E-state index in [0.717, 1.165) is 6.42 Å². The van der Waals surface area contributed by atoms with E-state index >= 15 is 0 Å². The van der Waals surface area contributed by atoms with Crippen LogP contribution in [0.4, 0.5) is 15.8 Å². The van der Waals surface area contributed by atoms with Crippen LogP contribution < -0.4 is 15.4 Å². The molecule has 122 valence electrons. The Morgan fingerprint density at radius 3 is 2.82 bits per heavy atom. The lowest BCUT2D eigenvalue weighted by Crippen LogP contribution is -2.28. The fourth-order valence-corrected chi connectivity index (χ4v) is 3.47. The summed E-state index contributed by atoms with van der Waals surface area (Å²) in [5.74, 6) is -1.29. The summed E-state index contributed by atoms with van der Waals surface area (Å²) in [6.45, 7) is 2.92. The predicted octanol–water partition coefficient (Wildman–Crippen LogP) is 1.29. The first-order chi connectivity index (χ1) is 10.3. The minimum absolute atomic E-state index is 0.0974. The molecule has 22 heavy (non-hydrogen) atoms. The number of hydrogen-bond acceptors (Lipinski definition) is 4. The molecule has 1 saturated heterocycles. The van der Waals surface area contributed by atoms with E-state index in [9.17, 15) is 17.6 Å². The van der Waals surface area contributed by atoms with E-state index in [2.05, 4.69) is 5.32 Å². The lowest BCUT2D eigenvalue weighted by molar-refractivity contribution is -0.117. The molecular weight excluding hydrogens is 309 g/mol. The van der Waals surface area contributed by atoms with Crippen molar-refractivity contribution in [2.24, 2.45) is 11.1 Å². The second-order valence-corrected chi connectivity index (χ2v) is 7.15. The summed E-state index contributed by atoms with van der Waals surface area (Å²) in [6, 6.07) is 4.19. The molecule has 2 rings (SSSR count). The van der Waals surface area contributed by atoms with Gasteiger partial charge in [0, 0.05) is 25.4 Å². The summed E-state index contributed by atoms with van der Waals surface area (Å²) in [4.78, 5) is 13.6. The Labute approximate surface area is 129 Å². The highest BCUT2D eigenvalue weighted by Gasteiger charge is 2.34. The van der Waals surface area contributed by atoms with E-state index < -0.39 is 15.8 Å². The Bertz CT molecular complexity index is 663. The molecule has 1 fully saturated rings. The summed E-state index contributed by atoms with van der Waals surface area (Å²) < 4.78 is 35.9. The molecule has 1 aromatic rings. The Hall–Kier alpha value is -1.67. The number of carbonyl (C=O) groups excluding carboxylic acids is 1. The monoisotopic (exact) mass is 329 g/mol. The number of nitrogens with one attached hydrogen (secondary N) is 1. The quantitative estimate of drug-likeness (QED) is 0.822. The zero-order chi connectivity index (χ0) is 16.3. The van der Waals surface area contributed by atoms with Crippen LogP contribution in [0, 0.1) is 11.7 Å². The maximum Gasteiger partial charge on any atom is 0.227 e. The number of anilines is 2. The number of rotatable bonds is 6. The van der Waals surface area contributed by atoms with Crippen LogP contribution in [0.3, 0.4) is 0 Å². The zero-order valence-corrected chi connectivity index (χ0v) is 13.2. The van der Waals surface area contributed by atoms with Gasteiger partial charge in [0.2, 0.25) is 15.9 Å². The van der Waals surface area contributed by atoms with Crippen molar-refractivity contribution >= 4 is 27.3 Å². The SMILES string of the molecule is CCCNc1ccc(F)cc1N1CC(CS(N)(=O)=O)CC1=O. The Morgan fingerprint density at radius 2 is 2.18 bits per heavy atom. The van der Waals surface area contributed by atoms with Crippen LogP contribution in [0.2, 0.25) is 0 Å². The van der Waals surface area contributed by atoms with Gasteiger partial charge in [-0.3, -0.25) is 4.79 Å². The molecule has 0 aliphatic carbocycles. The van der Waals surface area contributed by atoms with Crippen LogP contribution >= 0.6 is 0 Å². The average Bonchev–Trinajstić information content (AvgIpc) is 2.75. The zero-order valence-electron chi connectivity index (χ0n) is 12.4. The van der Waals surface area contributed by atoms with Crippen molar-refractivity contribution in [2.75, 3.05) is 29.1 Å². The van der Waals surface area contributed by atoms with E-state index in [1.807, 2.05) is 6.92 Å². The van der Waals surface area contributed by atoms with Crippen molar-refractivity contribution in [3.05, 3.63) is 24.0 Å². The number of halogens is 1. The average molecular weight is 329 g/mol. The number of amides is 1. The molecule has 1 amide bonds. The lowest BCUT2D eigenvalue weighted by Gasteiger charge is -2.21. The molecule has 1 heterocycles. The van der Waals surface area contributed by atoms with Crippen LogP contribution in [0.25, 0.3) is 0 Å². The molecule has 0 spiro atoms. The number of hydrogen-bond donors (Lipinski definition) is 2. The highest BCUT2D eigenvalue weighted by Crippen LogP contribution is 2.32. The first kappa shape index (κ1) is 16.7. The van der Waals surface area contributed by atoms with Gasteiger partial charge in [-0.2, -0.15) is 0 Å².